The Labute approximate surface area is 154 Å². The van der Waals surface area contributed by atoms with Gasteiger partial charge in [-0.15, -0.1) is 0 Å². The van der Waals surface area contributed by atoms with Crippen molar-refractivity contribution in [2.24, 2.45) is 0 Å². The molecule has 0 aromatic carbocycles. The van der Waals surface area contributed by atoms with Crippen molar-refractivity contribution < 1.29 is 18.0 Å². The number of nitrogens with zero attached hydrogens (tertiary/aromatic N) is 4. The summed E-state index contributed by atoms with van der Waals surface area (Å²) in [5.41, 5.74) is 0.863. The summed E-state index contributed by atoms with van der Waals surface area (Å²) < 4.78 is 42.6. The number of hydrogen-bond donors (Lipinski definition) is 1. The first-order valence-electron chi connectivity index (χ1n) is 9.34. The SMILES string of the molecule is Cc1cc(NC(=O)Cn2nc(C(F)(F)F)c3c2CCC3)nn1C1CCCC1. The molecule has 0 spiro atoms. The van der Waals surface area contributed by atoms with Crippen LogP contribution in [0.25, 0.3) is 0 Å². The number of anilines is 1. The van der Waals surface area contributed by atoms with E-state index in [-0.39, 0.29) is 12.1 Å². The zero-order valence-corrected chi connectivity index (χ0v) is 15.1. The zero-order chi connectivity index (χ0) is 19.2. The Hall–Kier alpha value is -2.32. The minimum Gasteiger partial charge on any atom is -0.308 e. The number of hydrogen-bond acceptors (Lipinski definition) is 3. The predicted octanol–water partition coefficient (Wildman–Crippen LogP) is 3.65. The normalized spacial score (nSPS) is 17.5. The molecular formula is C18H22F3N5O. The number of carbonyl (C=O) groups excluding carboxylic acids is 1. The Morgan fingerprint density at radius 2 is 1.96 bits per heavy atom. The molecule has 0 atom stereocenters. The topological polar surface area (TPSA) is 64.7 Å². The molecule has 0 aliphatic heterocycles. The molecule has 2 heterocycles. The number of aromatic nitrogens is 4. The number of nitrogens with one attached hydrogen (secondary N) is 1. The minimum atomic E-state index is -4.49. The maximum absolute atomic E-state index is 13.1. The molecule has 0 saturated heterocycles. The van der Waals surface area contributed by atoms with Crippen molar-refractivity contribution in [2.45, 2.75) is 70.6 Å². The molecule has 1 amide bonds. The van der Waals surface area contributed by atoms with Crippen molar-refractivity contribution in [3.63, 3.8) is 0 Å². The molecule has 1 saturated carbocycles. The van der Waals surface area contributed by atoms with Crippen molar-refractivity contribution in [3.05, 3.63) is 28.7 Å². The average molecular weight is 381 g/mol. The average Bonchev–Trinajstić information content (AvgIpc) is 3.32. The summed E-state index contributed by atoms with van der Waals surface area (Å²) in [5.74, 6) is 0.0150. The van der Waals surface area contributed by atoms with E-state index in [0.29, 0.717) is 36.8 Å². The molecule has 2 aliphatic carbocycles. The summed E-state index contributed by atoms with van der Waals surface area (Å²) in [6.45, 7) is 1.70. The van der Waals surface area contributed by atoms with E-state index in [1.165, 1.54) is 17.5 Å². The monoisotopic (exact) mass is 381 g/mol. The van der Waals surface area contributed by atoms with Crippen LogP contribution in [0.5, 0.6) is 0 Å². The Balaban J connectivity index is 1.48. The fraction of sp³-hybridized carbons (Fsp3) is 0.611. The standard InChI is InChI=1S/C18H22F3N5O/c1-11-9-15(23-26(11)12-5-2-3-6-12)22-16(27)10-25-14-8-4-7-13(14)17(24-25)18(19,20)21/h9,12H,2-8,10H2,1H3,(H,22,23,27). The molecule has 2 aromatic rings. The lowest BCUT2D eigenvalue weighted by Crippen LogP contribution is -2.21. The quantitative estimate of drug-likeness (QED) is 0.879. The molecular weight excluding hydrogens is 359 g/mol. The molecule has 0 radical (unpaired) electrons. The molecule has 1 fully saturated rings. The maximum atomic E-state index is 13.1. The third-order valence-electron chi connectivity index (χ3n) is 5.43. The second-order valence-electron chi connectivity index (χ2n) is 7.38. The third-order valence-corrected chi connectivity index (χ3v) is 5.43. The fourth-order valence-corrected chi connectivity index (χ4v) is 4.25. The highest BCUT2D eigenvalue weighted by molar-refractivity contribution is 5.89. The number of carbonyl (C=O) groups is 1. The van der Waals surface area contributed by atoms with Crippen LogP contribution in [0, 0.1) is 6.92 Å². The fourth-order valence-electron chi connectivity index (χ4n) is 4.25. The number of aryl methyl sites for hydroxylation is 1. The second kappa shape index (κ2) is 6.69. The summed E-state index contributed by atoms with van der Waals surface area (Å²) in [6.07, 6.45) is 1.55. The Kier molecular flexibility index (Phi) is 4.47. The Bertz CT molecular complexity index is 861. The maximum Gasteiger partial charge on any atom is 0.435 e. The Morgan fingerprint density at radius 3 is 2.67 bits per heavy atom. The van der Waals surface area contributed by atoms with Crippen LogP contribution in [0.3, 0.4) is 0 Å². The van der Waals surface area contributed by atoms with Gasteiger partial charge in [0.15, 0.2) is 11.5 Å². The van der Waals surface area contributed by atoms with E-state index < -0.39 is 17.8 Å². The van der Waals surface area contributed by atoms with E-state index in [0.717, 1.165) is 18.5 Å². The van der Waals surface area contributed by atoms with Gasteiger partial charge in [0.1, 0.15) is 6.54 Å². The first-order chi connectivity index (χ1) is 12.8. The number of halogens is 3. The van der Waals surface area contributed by atoms with Crippen molar-refractivity contribution in [1.29, 1.82) is 0 Å². The van der Waals surface area contributed by atoms with E-state index in [1.54, 1.807) is 6.07 Å². The molecule has 6 nitrogen and oxygen atoms in total. The molecule has 2 aliphatic rings. The van der Waals surface area contributed by atoms with Gasteiger partial charge in [-0.25, -0.2) is 0 Å². The summed E-state index contributed by atoms with van der Waals surface area (Å²) in [6, 6.07) is 2.16. The van der Waals surface area contributed by atoms with Crippen molar-refractivity contribution >= 4 is 11.7 Å². The predicted molar refractivity (Wildman–Crippen MR) is 92.4 cm³/mol. The van der Waals surface area contributed by atoms with Crippen molar-refractivity contribution in [3.8, 4) is 0 Å². The van der Waals surface area contributed by atoms with Gasteiger partial charge in [-0.2, -0.15) is 23.4 Å². The van der Waals surface area contributed by atoms with Gasteiger partial charge in [0.05, 0.1) is 6.04 Å². The summed E-state index contributed by atoms with van der Waals surface area (Å²) in [4.78, 5) is 12.4. The molecule has 2 aromatic heterocycles. The summed E-state index contributed by atoms with van der Waals surface area (Å²) in [5, 5.41) is 10.8. The van der Waals surface area contributed by atoms with E-state index in [2.05, 4.69) is 15.5 Å². The molecule has 0 unspecified atom stereocenters. The lowest BCUT2D eigenvalue weighted by Gasteiger charge is -2.11. The van der Waals surface area contributed by atoms with Crippen LogP contribution in [-0.4, -0.2) is 25.5 Å². The second-order valence-corrected chi connectivity index (χ2v) is 7.38. The van der Waals surface area contributed by atoms with Gasteiger partial charge >= 0.3 is 6.18 Å². The van der Waals surface area contributed by atoms with Crippen LogP contribution >= 0.6 is 0 Å². The number of alkyl halides is 3. The van der Waals surface area contributed by atoms with Crippen LogP contribution in [0.2, 0.25) is 0 Å². The van der Waals surface area contributed by atoms with Gasteiger partial charge in [-0.05, 0) is 39.0 Å². The molecule has 9 heteroatoms. The van der Waals surface area contributed by atoms with Crippen molar-refractivity contribution in [2.75, 3.05) is 5.32 Å². The highest BCUT2D eigenvalue weighted by atomic mass is 19.4. The molecule has 0 bridgehead atoms. The first-order valence-corrected chi connectivity index (χ1v) is 9.34. The zero-order valence-electron chi connectivity index (χ0n) is 15.1. The lowest BCUT2D eigenvalue weighted by atomic mass is 10.2. The summed E-state index contributed by atoms with van der Waals surface area (Å²) >= 11 is 0. The van der Waals surface area contributed by atoms with Gasteiger partial charge in [0.25, 0.3) is 0 Å². The number of rotatable bonds is 4. The van der Waals surface area contributed by atoms with Gasteiger partial charge in [-0.3, -0.25) is 14.2 Å². The first kappa shape index (κ1) is 18.1. The van der Waals surface area contributed by atoms with Gasteiger partial charge in [0.2, 0.25) is 5.91 Å². The lowest BCUT2D eigenvalue weighted by molar-refractivity contribution is -0.142. The summed E-state index contributed by atoms with van der Waals surface area (Å²) in [7, 11) is 0. The highest BCUT2D eigenvalue weighted by Gasteiger charge is 2.40. The van der Waals surface area contributed by atoms with Gasteiger partial charge in [0, 0.05) is 23.0 Å². The van der Waals surface area contributed by atoms with Crippen LogP contribution < -0.4 is 5.32 Å². The Morgan fingerprint density at radius 1 is 1.22 bits per heavy atom. The number of amides is 1. The van der Waals surface area contributed by atoms with Crippen LogP contribution in [0.4, 0.5) is 19.0 Å². The molecule has 27 heavy (non-hydrogen) atoms. The van der Waals surface area contributed by atoms with E-state index in [1.807, 2.05) is 11.6 Å². The minimum absolute atomic E-state index is 0.233. The highest BCUT2D eigenvalue weighted by Crippen LogP contribution is 2.36. The van der Waals surface area contributed by atoms with Crippen LogP contribution in [0.1, 0.15) is 60.8 Å². The van der Waals surface area contributed by atoms with E-state index in [4.69, 9.17) is 0 Å². The van der Waals surface area contributed by atoms with Crippen molar-refractivity contribution in [1.82, 2.24) is 19.6 Å². The van der Waals surface area contributed by atoms with E-state index in [9.17, 15) is 18.0 Å². The van der Waals surface area contributed by atoms with Crippen LogP contribution in [-0.2, 0) is 30.4 Å². The van der Waals surface area contributed by atoms with Gasteiger partial charge < -0.3 is 5.32 Å². The third kappa shape index (κ3) is 3.46. The van der Waals surface area contributed by atoms with E-state index >= 15 is 0 Å². The van der Waals surface area contributed by atoms with Crippen LogP contribution in [0.15, 0.2) is 6.07 Å². The molecule has 1 N–H and O–H groups in total. The number of fused-ring (bicyclic) bond motifs is 1. The molecule has 146 valence electrons. The van der Waals surface area contributed by atoms with Gasteiger partial charge in [-0.1, -0.05) is 12.8 Å². The smallest absolute Gasteiger partial charge is 0.308 e. The largest absolute Gasteiger partial charge is 0.435 e. The molecule has 4 rings (SSSR count).